The van der Waals surface area contributed by atoms with Crippen molar-refractivity contribution in [3.8, 4) is 0 Å². The van der Waals surface area contributed by atoms with E-state index in [1.165, 1.54) is 0 Å². The average molecular weight is 327 g/mol. The first-order chi connectivity index (χ1) is 0. The fourth-order valence-electron chi connectivity index (χ4n) is 0. The van der Waals surface area contributed by atoms with Gasteiger partial charge >= 0.3 is 97.4 Å². The van der Waals surface area contributed by atoms with Gasteiger partial charge in [-0.15, -0.1) is 0 Å². The van der Waals surface area contributed by atoms with Gasteiger partial charge in [-0.1, -0.05) is 0 Å². The zero-order chi connectivity index (χ0) is 0. The molecule has 0 aromatic heterocycles. The van der Waals surface area contributed by atoms with E-state index in [1.807, 2.05) is 0 Å². The van der Waals surface area contributed by atoms with Gasteiger partial charge in [0.05, 0.1) is 0 Å². The van der Waals surface area contributed by atoms with Crippen LogP contribution in [0.15, 0.2) is 0 Å². The maximum absolute atomic E-state index is 0. The summed E-state index contributed by atoms with van der Waals surface area (Å²) in [6.45, 7) is 0. The Hall–Kier alpha value is 3.12. The first-order valence-electron chi connectivity index (χ1n) is 0. The molecule has 0 saturated heterocycles. The van der Waals surface area contributed by atoms with E-state index in [4.69, 9.17) is 0 Å². The van der Waals surface area contributed by atoms with E-state index in [-0.39, 0.29) is 97.4 Å². The van der Waals surface area contributed by atoms with Crippen LogP contribution in [0, 0.1) is 0 Å². The molecule has 5 heavy (non-hydrogen) atoms. The monoisotopic (exact) mass is 320 g/mol. The SMILES string of the molecule is [Zn+2].[Zn+2].[Zn+2].[Zn+2].[Zn+2]. The van der Waals surface area contributed by atoms with E-state index >= 15 is 0 Å². The van der Waals surface area contributed by atoms with Crippen LogP contribution in [0.3, 0.4) is 0 Å². The molecule has 0 bridgehead atoms. The van der Waals surface area contributed by atoms with E-state index < -0.39 is 0 Å². The van der Waals surface area contributed by atoms with Gasteiger partial charge < -0.3 is 0 Å². The predicted molar refractivity (Wildman–Crippen MR) is 0 cm³/mol. The van der Waals surface area contributed by atoms with Gasteiger partial charge in [-0.2, -0.15) is 0 Å². The Balaban J connectivity index is 0. The van der Waals surface area contributed by atoms with Gasteiger partial charge in [0.2, 0.25) is 0 Å². The molecule has 0 fully saturated rings. The van der Waals surface area contributed by atoms with Crippen LogP contribution >= 0.6 is 0 Å². The van der Waals surface area contributed by atoms with Gasteiger partial charge in [0.15, 0.2) is 0 Å². The topological polar surface area (TPSA) is 0 Å². The minimum atomic E-state index is 0. The van der Waals surface area contributed by atoms with Crippen molar-refractivity contribution in [3.63, 3.8) is 0 Å². The molecule has 0 saturated carbocycles. The van der Waals surface area contributed by atoms with Crippen molar-refractivity contribution in [1.82, 2.24) is 0 Å². The van der Waals surface area contributed by atoms with Crippen LogP contribution in [0.25, 0.3) is 0 Å². The number of hydrogen-bond acceptors (Lipinski definition) is 0. The van der Waals surface area contributed by atoms with Crippen molar-refractivity contribution in [2.24, 2.45) is 0 Å². The molecule has 0 N–H and O–H groups in total. The molecule has 5 heteroatoms. The van der Waals surface area contributed by atoms with Crippen LogP contribution in [0.4, 0.5) is 0 Å². The van der Waals surface area contributed by atoms with E-state index in [0.717, 1.165) is 0 Å². The summed E-state index contributed by atoms with van der Waals surface area (Å²) in [5.41, 5.74) is 0. The van der Waals surface area contributed by atoms with Crippen molar-refractivity contribution < 1.29 is 97.4 Å². The van der Waals surface area contributed by atoms with Crippen molar-refractivity contribution in [2.45, 2.75) is 0 Å². The first kappa shape index (κ1) is 42.3. The molecule has 0 aromatic carbocycles. The fourth-order valence-corrected chi connectivity index (χ4v) is 0. The smallest absolute Gasteiger partial charge is 2.00 e. The Labute approximate surface area is 95.8 Å². The van der Waals surface area contributed by atoms with E-state index in [2.05, 4.69) is 0 Å². The second kappa shape index (κ2) is 27.4. The Kier molecular flexibility index (Phi) is 232. The molecule has 0 aliphatic carbocycles. The standard InChI is InChI=1S/5Zn/q5*+2. The number of rotatable bonds is 0. The summed E-state index contributed by atoms with van der Waals surface area (Å²) in [6.07, 6.45) is 0. The molecular formula is Zn5+10. The summed E-state index contributed by atoms with van der Waals surface area (Å²) in [4.78, 5) is 0. The van der Waals surface area contributed by atoms with Gasteiger partial charge in [-0.3, -0.25) is 0 Å². The third kappa shape index (κ3) is 19.2. The second-order valence-electron chi connectivity index (χ2n) is 0. The molecular weight excluding hydrogens is 327 g/mol. The molecule has 0 heterocycles. The molecule has 0 unspecified atom stereocenters. The molecule has 0 valence electrons. The third-order valence-electron chi connectivity index (χ3n) is 0. The third-order valence-corrected chi connectivity index (χ3v) is 0. The van der Waals surface area contributed by atoms with Crippen molar-refractivity contribution in [3.05, 3.63) is 0 Å². The van der Waals surface area contributed by atoms with Crippen LogP contribution in [0.2, 0.25) is 0 Å². The quantitative estimate of drug-likeness (QED) is 0.549. The molecule has 0 nitrogen and oxygen atoms in total. The molecule has 0 radical (unpaired) electrons. The largest absolute Gasteiger partial charge is 2.00 e. The Morgan fingerprint density at radius 3 is 0.200 bits per heavy atom. The maximum atomic E-state index is 0. The first-order valence-corrected chi connectivity index (χ1v) is 0. The Morgan fingerprint density at radius 1 is 0.200 bits per heavy atom. The molecule has 0 aliphatic rings. The van der Waals surface area contributed by atoms with Crippen LogP contribution in [0.5, 0.6) is 0 Å². The Bertz CT molecular complexity index is 0. The van der Waals surface area contributed by atoms with Gasteiger partial charge in [0.1, 0.15) is 0 Å². The Morgan fingerprint density at radius 2 is 0.200 bits per heavy atom. The van der Waals surface area contributed by atoms with Crippen molar-refractivity contribution >= 4 is 0 Å². The summed E-state index contributed by atoms with van der Waals surface area (Å²) < 4.78 is 0. The molecule has 0 atom stereocenters. The normalized spacial score (nSPS) is 0. The van der Waals surface area contributed by atoms with Gasteiger partial charge in [-0.05, 0) is 0 Å². The molecule has 0 aromatic rings. The summed E-state index contributed by atoms with van der Waals surface area (Å²) >= 11 is 0. The van der Waals surface area contributed by atoms with Crippen LogP contribution < -0.4 is 0 Å². The van der Waals surface area contributed by atoms with Crippen LogP contribution in [-0.2, 0) is 97.4 Å². The van der Waals surface area contributed by atoms with Crippen molar-refractivity contribution in [1.29, 1.82) is 0 Å². The summed E-state index contributed by atoms with van der Waals surface area (Å²) in [6, 6.07) is 0. The summed E-state index contributed by atoms with van der Waals surface area (Å²) in [7, 11) is 0. The number of hydrogen-bond donors (Lipinski definition) is 0. The summed E-state index contributed by atoms with van der Waals surface area (Å²) in [5, 5.41) is 0. The molecule has 0 spiro atoms. The van der Waals surface area contributed by atoms with Crippen LogP contribution in [-0.4, -0.2) is 0 Å². The van der Waals surface area contributed by atoms with Gasteiger partial charge in [-0.25, -0.2) is 0 Å². The zero-order valence-corrected chi connectivity index (χ0v) is 18.4. The van der Waals surface area contributed by atoms with E-state index in [1.54, 1.807) is 0 Å². The minimum absolute atomic E-state index is 0. The molecule has 0 aliphatic heterocycles. The summed E-state index contributed by atoms with van der Waals surface area (Å²) in [5.74, 6) is 0. The maximum Gasteiger partial charge on any atom is 2.00 e. The predicted octanol–water partition coefficient (Wildman–Crippen LogP) is -0.0125. The fraction of sp³-hybridized carbons (Fsp3) is 0. The average Bonchev–Trinajstić information content (AvgIpc) is 0. The molecule has 0 amide bonds. The molecule has 0 rings (SSSR count). The van der Waals surface area contributed by atoms with Gasteiger partial charge in [0.25, 0.3) is 0 Å². The van der Waals surface area contributed by atoms with Crippen LogP contribution in [0.1, 0.15) is 0 Å². The van der Waals surface area contributed by atoms with E-state index in [9.17, 15) is 0 Å². The van der Waals surface area contributed by atoms with Crippen molar-refractivity contribution in [2.75, 3.05) is 0 Å². The van der Waals surface area contributed by atoms with E-state index in [0.29, 0.717) is 0 Å². The zero-order valence-electron chi connectivity index (χ0n) is 3.54. The second-order valence-corrected chi connectivity index (χ2v) is 0. The minimum Gasteiger partial charge on any atom is 2.00 e. The van der Waals surface area contributed by atoms with Gasteiger partial charge in [0, 0.05) is 0 Å².